The normalized spacial score (nSPS) is 15.5. The van der Waals surface area contributed by atoms with Gasteiger partial charge in [-0.05, 0) is 30.7 Å². The van der Waals surface area contributed by atoms with Gasteiger partial charge in [-0.1, -0.05) is 24.3 Å². The summed E-state index contributed by atoms with van der Waals surface area (Å²) in [5.41, 5.74) is 1.95. The number of aromatic amines is 1. The Balaban J connectivity index is 1.50. The summed E-state index contributed by atoms with van der Waals surface area (Å²) in [5.74, 6) is -0.988. The van der Waals surface area contributed by atoms with Crippen molar-refractivity contribution in [2.45, 2.75) is 13.0 Å². The van der Waals surface area contributed by atoms with E-state index < -0.39 is 30.6 Å². The molecule has 12 nitrogen and oxygen atoms in total. The maximum Gasteiger partial charge on any atom is 0.337 e. The van der Waals surface area contributed by atoms with E-state index in [4.69, 9.17) is 14.2 Å². The molecule has 0 saturated carbocycles. The van der Waals surface area contributed by atoms with Gasteiger partial charge in [-0.2, -0.15) is 0 Å². The van der Waals surface area contributed by atoms with E-state index in [9.17, 15) is 19.5 Å². The summed E-state index contributed by atoms with van der Waals surface area (Å²) in [6.45, 7) is 1.15. The molecule has 1 aromatic heterocycles. The molecule has 186 valence electrons. The van der Waals surface area contributed by atoms with Crippen LogP contribution in [0.5, 0.6) is 17.4 Å². The second-order valence-corrected chi connectivity index (χ2v) is 7.72. The number of carbonyl (C=O) groups excluding carboxylic acids is 3. The summed E-state index contributed by atoms with van der Waals surface area (Å²) in [6.07, 6.45) is 0. The van der Waals surface area contributed by atoms with Crippen LogP contribution in [0.3, 0.4) is 0 Å². The van der Waals surface area contributed by atoms with Crippen molar-refractivity contribution in [1.29, 1.82) is 0 Å². The molecule has 4 rings (SSSR count). The maximum atomic E-state index is 12.3. The van der Waals surface area contributed by atoms with Gasteiger partial charge in [0.25, 0.3) is 0 Å². The molecule has 0 aliphatic carbocycles. The van der Waals surface area contributed by atoms with Gasteiger partial charge in [0, 0.05) is 11.1 Å². The summed E-state index contributed by atoms with van der Waals surface area (Å²) in [7, 11) is 2.67. The Kier molecular flexibility index (Phi) is 6.86. The lowest BCUT2D eigenvalue weighted by molar-refractivity contribution is -0.136. The van der Waals surface area contributed by atoms with E-state index in [1.54, 1.807) is 49.4 Å². The van der Waals surface area contributed by atoms with Crippen molar-refractivity contribution in [3.05, 3.63) is 59.3 Å². The van der Waals surface area contributed by atoms with Crippen LogP contribution in [0, 0.1) is 0 Å². The first-order valence-corrected chi connectivity index (χ1v) is 10.7. The largest absolute Gasteiger partial charge is 0.493 e. The predicted octanol–water partition coefficient (Wildman–Crippen LogP) is 3.37. The molecule has 1 aliphatic heterocycles. The number of benzene rings is 2. The number of H-pyrrole nitrogens is 1. The number of azo groups is 1. The molecule has 0 radical (unpaired) electrons. The average Bonchev–Trinajstić information content (AvgIpc) is 3.19. The quantitative estimate of drug-likeness (QED) is 0.289. The van der Waals surface area contributed by atoms with Crippen LogP contribution in [0.25, 0.3) is 10.9 Å². The molecule has 4 N–H and O–H groups in total. The van der Waals surface area contributed by atoms with Gasteiger partial charge in [0.05, 0.1) is 31.4 Å². The number of hydrogen-bond acceptors (Lipinski definition) is 8. The Bertz CT molecular complexity index is 1410. The summed E-state index contributed by atoms with van der Waals surface area (Å²) < 4.78 is 15.8. The van der Waals surface area contributed by atoms with E-state index in [1.807, 2.05) is 0 Å². The van der Waals surface area contributed by atoms with Gasteiger partial charge in [0.1, 0.15) is 0 Å². The summed E-state index contributed by atoms with van der Waals surface area (Å²) in [4.78, 5) is 39.3. The van der Waals surface area contributed by atoms with Gasteiger partial charge in [0.2, 0.25) is 5.88 Å². The van der Waals surface area contributed by atoms with Crippen molar-refractivity contribution in [2.24, 2.45) is 10.2 Å². The van der Waals surface area contributed by atoms with E-state index in [0.717, 1.165) is 0 Å². The van der Waals surface area contributed by atoms with Crippen molar-refractivity contribution in [3.8, 4) is 17.4 Å². The molecule has 2 heterocycles. The van der Waals surface area contributed by atoms with Gasteiger partial charge in [-0.3, -0.25) is 4.79 Å². The molecule has 0 fully saturated rings. The molecule has 36 heavy (non-hydrogen) atoms. The molecule has 0 saturated heterocycles. The Morgan fingerprint density at radius 3 is 2.64 bits per heavy atom. The van der Waals surface area contributed by atoms with E-state index in [2.05, 4.69) is 25.8 Å². The molecule has 1 aliphatic rings. The lowest BCUT2D eigenvalue weighted by Gasteiger charge is -2.28. The number of nitrogens with zero attached hydrogens (tertiary/aromatic N) is 2. The van der Waals surface area contributed by atoms with Crippen molar-refractivity contribution in [2.75, 3.05) is 20.8 Å². The van der Waals surface area contributed by atoms with Crippen LogP contribution < -0.4 is 20.1 Å². The molecule has 2 aromatic carbocycles. The van der Waals surface area contributed by atoms with E-state index >= 15 is 0 Å². The van der Waals surface area contributed by atoms with Gasteiger partial charge < -0.3 is 34.9 Å². The number of fused-ring (bicyclic) bond motifs is 1. The number of esters is 1. The Hall–Kier alpha value is -4.87. The Labute approximate surface area is 204 Å². The number of hydrogen-bond donors (Lipinski definition) is 4. The van der Waals surface area contributed by atoms with E-state index in [0.29, 0.717) is 22.2 Å². The Morgan fingerprint density at radius 2 is 1.89 bits per heavy atom. The van der Waals surface area contributed by atoms with E-state index in [-0.39, 0.29) is 28.6 Å². The number of rotatable bonds is 7. The van der Waals surface area contributed by atoms with Crippen LogP contribution in [-0.2, 0) is 14.3 Å². The minimum Gasteiger partial charge on any atom is -0.493 e. The lowest BCUT2D eigenvalue weighted by Crippen LogP contribution is -2.45. The van der Waals surface area contributed by atoms with Crippen LogP contribution in [-0.4, -0.2) is 48.8 Å². The second kappa shape index (κ2) is 10.2. The van der Waals surface area contributed by atoms with Gasteiger partial charge in [0.15, 0.2) is 23.8 Å². The molecule has 12 heteroatoms. The molecular formula is C24H23N5O7. The third-order valence-corrected chi connectivity index (χ3v) is 5.47. The highest BCUT2D eigenvalue weighted by atomic mass is 16.5. The zero-order valence-corrected chi connectivity index (χ0v) is 19.6. The number of aromatic nitrogens is 1. The number of carbonyl (C=O) groups is 3. The SMILES string of the molecule is COC(=O)C1=C(C)NC(=O)N[C@H]1c1ccc(OCC(=O)N=Nc2c(O)[nH]c3ccccc23)c(OC)c1. The van der Waals surface area contributed by atoms with Gasteiger partial charge in [-0.25, -0.2) is 9.59 Å². The fourth-order valence-corrected chi connectivity index (χ4v) is 3.80. The topological polar surface area (TPSA) is 164 Å². The average molecular weight is 493 g/mol. The fraction of sp³-hybridized carbons (Fsp3) is 0.208. The van der Waals surface area contributed by atoms with E-state index in [1.165, 1.54) is 14.2 Å². The van der Waals surface area contributed by atoms with Gasteiger partial charge >= 0.3 is 17.9 Å². The number of amides is 3. The Morgan fingerprint density at radius 1 is 1.11 bits per heavy atom. The molecule has 0 unspecified atom stereocenters. The minimum atomic E-state index is -0.784. The smallest absolute Gasteiger partial charge is 0.337 e. The monoisotopic (exact) mass is 493 g/mol. The molecule has 0 spiro atoms. The first kappa shape index (κ1) is 24.3. The molecule has 0 bridgehead atoms. The van der Waals surface area contributed by atoms with Crippen molar-refractivity contribution < 1.29 is 33.7 Å². The summed E-state index contributed by atoms with van der Waals surface area (Å²) in [5, 5.41) is 23.4. The minimum absolute atomic E-state index is 0.148. The molecular weight excluding hydrogens is 470 g/mol. The van der Waals surface area contributed by atoms with Crippen LogP contribution in [0.15, 0.2) is 64.0 Å². The highest BCUT2D eigenvalue weighted by Gasteiger charge is 2.32. The predicted molar refractivity (Wildman–Crippen MR) is 127 cm³/mol. The third kappa shape index (κ3) is 4.82. The molecule has 3 amide bonds. The standard InChI is InChI=1S/C24H23N5O7/c1-12-19(23(32)35-3)20(27-24(33)25-12)13-8-9-16(17(10-13)34-2)36-11-18(30)28-29-21-14-6-4-5-7-15(14)26-22(21)31/h4-10,20,26,31H,11H2,1-3H3,(H2,25,27,33)/t20-/m0/s1. The first-order valence-electron chi connectivity index (χ1n) is 10.7. The van der Waals surface area contributed by atoms with Crippen LogP contribution in [0.2, 0.25) is 0 Å². The van der Waals surface area contributed by atoms with Crippen LogP contribution in [0.1, 0.15) is 18.5 Å². The van der Waals surface area contributed by atoms with Crippen molar-refractivity contribution in [3.63, 3.8) is 0 Å². The number of urea groups is 1. The number of allylic oxidation sites excluding steroid dienone is 1. The second-order valence-electron chi connectivity index (χ2n) is 7.72. The first-order chi connectivity index (χ1) is 17.3. The summed E-state index contributed by atoms with van der Waals surface area (Å²) >= 11 is 0. The number of ether oxygens (including phenoxy) is 3. The number of aromatic hydroxyl groups is 1. The molecule has 1 atom stereocenters. The molecule has 3 aromatic rings. The van der Waals surface area contributed by atoms with Crippen LogP contribution >= 0.6 is 0 Å². The number of para-hydroxylation sites is 1. The van der Waals surface area contributed by atoms with Crippen molar-refractivity contribution >= 4 is 34.5 Å². The zero-order chi connectivity index (χ0) is 25.8. The number of methoxy groups -OCH3 is 2. The zero-order valence-electron chi connectivity index (χ0n) is 19.6. The highest BCUT2D eigenvalue weighted by molar-refractivity contribution is 5.95. The fourth-order valence-electron chi connectivity index (χ4n) is 3.80. The lowest BCUT2D eigenvalue weighted by atomic mass is 9.95. The van der Waals surface area contributed by atoms with Gasteiger partial charge in [-0.15, -0.1) is 10.2 Å². The maximum absolute atomic E-state index is 12.3. The third-order valence-electron chi connectivity index (χ3n) is 5.47. The van der Waals surface area contributed by atoms with Crippen molar-refractivity contribution in [1.82, 2.24) is 15.6 Å². The highest BCUT2D eigenvalue weighted by Crippen LogP contribution is 2.36. The summed E-state index contributed by atoms with van der Waals surface area (Å²) in [6, 6.07) is 10.6. The number of nitrogens with one attached hydrogen (secondary N) is 3. The van der Waals surface area contributed by atoms with Crippen LogP contribution in [0.4, 0.5) is 10.5 Å².